The van der Waals surface area contributed by atoms with E-state index in [1.807, 2.05) is 49.4 Å². The molecule has 2 N–H and O–H groups in total. The van der Waals surface area contributed by atoms with Crippen LogP contribution in [0.5, 0.6) is 0 Å². The molecular weight excluding hydrogens is 392 g/mol. The molecule has 0 saturated carbocycles. The largest absolute Gasteiger partial charge is 0.464 e. The summed E-state index contributed by atoms with van der Waals surface area (Å²) in [5, 5.41) is 3.68. The van der Waals surface area contributed by atoms with Gasteiger partial charge in [-0.1, -0.05) is 24.3 Å². The zero-order valence-corrected chi connectivity index (χ0v) is 17.0. The molecule has 0 aliphatic heterocycles. The van der Waals surface area contributed by atoms with Gasteiger partial charge in [0.1, 0.15) is 11.3 Å². The first-order valence-electron chi connectivity index (χ1n) is 9.62. The molecular formula is C24H20N4O3. The minimum atomic E-state index is -0.446. The van der Waals surface area contributed by atoms with E-state index in [1.54, 1.807) is 30.6 Å². The summed E-state index contributed by atoms with van der Waals surface area (Å²) in [5.41, 5.74) is 4.67. The SMILES string of the molecule is COC(=O)c1cc2cc(/C=N/c3cc(NC(=O)c4ccccc4)ccc3C)cnc2[nH]1. The van der Waals surface area contributed by atoms with E-state index in [-0.39, 0.29) is 5.91 Å². The number of aryl methyl sites for hydroxylation is 1. The number of carbonyl (C=O) groups excluding carboxylic acids is 2. The van der Waals surface area contributed by atoms with Crippen LogP contribution in [0.3, 0.4) is 0 Å². The molecule has 0 atom stereocenters. The number of rotatable bonds is 5. The van der Waals surface area contributed by atoms with Gasteiger partial charge < -0.3 is 15.0 Å². The lowest BCUT2D eigenvalue weighted by Gasteiger charge is -2.08. The van der Waals surface area contributed by atoms with Crippen LogP contribution in [0.4, 0.5) is 11.4 Å². The molecule has 0 bridgehead atoms. The van der Waals surface area contributed by atoms with Gasteiger partial charge in [0.15, 0.2) is 0 Å². The highest BCUT2D eigenvalue weighted by molar-refractivity contribution is 6.04. The Balaban J connectivity index is 1.55. The van der Waals surface area contributed by atoms with Crippen LogP contribution in [0.15, 0.2) is 71.9 Å². The molecule has 4 aromatic rings. The molecule has 1 amide bonds. The zero-order chi connectivity index (χ0) is 21.8. The Morgan fingerprint density at radius 1 is 1.10 bits per heavy atom. The first-order chi connectivity index (χ1) is 15.0. The summed E-state index contributed by atoms with van der Waals surface area (Å²) in [5.74, 6) is -0.624. The Labute approximate surface area is 178 Å². The number of carbonyl (C=O) groups is 2. The van der Waals surface area contributed by atoms with Crippen LogP contribution < -0.4 is 5.32 Å². The molecule has 0 fully saturated rings. The first kappa shape index (κ1) is 20.0. The van der Waals surface area contributed by atoms with Gasteiger partial charge in [0.25, 0.3) is 5.91 Å². The van der Waals surface area contributed by atoms with Gasteiger partial charge in [-0.25, -0.2) is 9.78 Å². The number of fused-ring (bicyclic) bond motifs is 1. The molecule has 0 aliphatic rings. The lowest BCUT2D eigenvalue weighted by atomic mass is 10.1. The second kappa shape index (κ2) is 8.62. The minimum Gasteiger partial charge on any atom is -0.464 e. The normalized spacial score (nSPS) is 11.0. The molecule has 0 unspecified atom stereocenters. The fourth-order valence-corrected chi connectivity index (χ4v) is 3.09. The van der Waals surface area contributed by atoms with Crippen LogP contribution in [-0.2, 0) is 4.74 Å². The van der Waals surface area contributed by atoms with Crippen molar-refractivity contribution in [2.75, 3.05) is 12.4 Å². The molecule has 4 rings (SSSR count). The van der Waals surface area contributed by atoms with Crippen molar-refractivity contribution in [1.29, 1.82) is 0 Å². The quantitative estimate of drug-likeness (QED) is 0.368. The number of aromatic nitrogens is 2. The van der Waals surface area contributed by atoms with E-state index in [4.69, 9.17) is 4.74 Å². The number of aromatic amines is 1. The number of nitrogens with one attached hydrogen (secondary N) is 2. The van der Waals surface area contributed by atoms with Crippen molar-refractivity contribution in [3.8, 4) is 0 Å². The van der Waals surface area contributed by atoms with Crippen molar-refractivity contribution in [2.45, 2.75) is 6.92 Å². The van der Waals surface area contributed by atoms with Crippen LogP contribution in [-0.4, -0.2) is 35.2 Å². The highest BCUT2D eigenvalue weighted by atomic mass is 16.5. The van der Waals surface area contributed by atoms with Crippen molar-refractivity contribution in [3.63, 3.8) is 0 Å². The molecule has 0 radical (unpaired) electrons. The molecule has 154 valence electrons. The predicted octanol–water partition coefficient (Wildman–Crippen LogP) is 4.66. The summed E-state index contributed by atoms with van der Waals surface area (Å²) in [7, 11) is 1.33. The zero-order valence-electron chi connectivity index (χ0n) is 17.0. The van der Waals surface area contributed by atoms with Crippen LogP contribution in [0.1, 0.15) is 32.0 Å². The summed E-state index contributed by atoms with van der Waals surface area (Å²) >= 11 is 0. The van der Waals surface area contributed by atoms with Gasteiger partial charge in [-0.05, 0) is 48.9 Å². The van der Waals surface area contributed by atoms with Crippen molar-refractivity contribution in [2.24, 2.45) is 4.99 Å². The monoisotopic (exact) mass is 412 g/mol. The van der Waals surface area contributed by atoms with E-state index in [0.29, 0.717) is 22.6 Å². The number of anilines is 1. The van der Waals surface area contributed by atoms with Gasteiger partial charge in [-0.3, -0.25) is 9.79 Å². The Morgan fingerprint density at radius 2 is 1.90 bits per heavy atom. The molecule has 7 heteroatoms. The molecule has 2 aromatic carbocycles. The fourth-order valence-electron chi connectivity index (χ4n) is 3.09. The van der Waals surface area contributed by atoms with Crippen LogP contribution >= 0.6 is 0 Å². The third-order valence-electron chi connectivity index (χ3n) is 4.75. The summed E-state index contributed by atoms with van der Waals surface area (Å²) in [6.07, 6.45) is 3.36. The Morgan fingerprint density at radius 3 is 2.68 bits per heavy atom. The van der Waals surface area contributed by atoms with Gasteiger partial charge in [0.05, 0.1) is 12.8 Å². The fraction of sp³-hybridized carbons (Fsp3) is 0.0833. The van der Waals surface area contributed by atoms with Gasteiger partial charge in [-0.15, -0.1) is 0 Å². The summed E-state index contributed by atoms with van der Waals surface area (Å²) in [4.78, 5) is 35.9. The van der Waals surface area contributed by atoms with E-state index in [0.717, 1.165) is 22.2 Å². The summed E-state index contributed by atoms with van der Waals surface area (Å²) in [6, 6.07) is 18.2. The number of benzene rings is 2. The average Bonchev–Trinajstić information content (AvgIpc) is 3.23. The number of nitrogens with zero attached hydrogens (tertiary/aromatic N) is 2. The lowest BCUT2D eigenvalue weighted by Crippen LogP contribution is -2.11. The highest BCUT2D eigenvalue weighted by Gasteiger charge is 2.10. The van der Waals surface area contributed by atoms with Crippen LogP contribution in [0.25, 0.3) is 11.0 Å². The van der Waals surface area contributed by atoms with E-state index < -0.39 is 5.97 Å². The van der Waals surface area contributed by atoms with Crippen molar-refractivity contribution >= 4 is 40.5 Å². The summed E-state index contributed by atoms with van der Waals surface area (Å²) < 4.78 is 4.73. The number of pyridine rings is 1. The number of esters is 1. The number of amides is 1. The van der Waals surface area contributed by atoms with Gasteiger partial charge in [0, 0.05) is 34.6 Å². The number of aliphatic imine (C=N–C) groups is 1. The van der Waals surface area contributed by atoms with Gasteiger partial charge >= 0.3 is 5.97 Å². The third kappa shape index (κ3) is 4.51. The van der Waals surface area contributed by atoms with E-state index in [1.165, 1.54) is 7.11 Å². The first-order valence-corrected chi connectivity index (χ1v) is 9.62. The molecule has 31 heavy (non-hydrogen) atoms. The molecule has 0 saturated heterocycles. The standard InChI is InChI=1S/C24H20N4O3/c1-15-8-9-19(27-23(29)17-6-4-3-5-7-17)12-20(15)25-13-16-10-18-11-21(24(30)31-2)28-22(18)26-14-16/h3-14H,1-2H3,(H,26,28)(H,27,29)/b25-13+. The topological polar surface area (TPSA) is 96.4 Å². The van der Waals surface area contributed by atoms with Crippen molar-refractivity contribution < 1.29 is 14.3 Å². The number of ether oxygens (including phenoxy) is 1. The van der Waals surface area contributed by atoms with E-state index >= 15 is 0 Å². The second-order valence-corrected chi connectivity index (χ2v) is 6.96. The molecule has 2 heterocycles. The predicted molar refractivity (Wildman–Crippen MR) is 120 cm³/mol. The number of hydrogen-bond donors (Lipinski definition) is 2. The van der Waals surface area contributed by atoms with Gasteiger partial charge in [0.2, 0.25) is 0 Å². The maximum Gasteiger partial charge on any atom is 0.354 e. The lowest BCUT2D eigenvalue weighted by molar-refractivity contribution is 0.0595. The van der Waals surface area contributed by atoms with E-state index in [9.17, 15) is 9.59 Å². The Bertz CT molecular complexity index is 1290. The van der Waals surface area contributed by atoms with Crippen molar-refractivity contribution in [1.82, 2.24) is 9.97 Å². The molecule has 7 nitrogen and oxygen atoms in total. The van der Waals surface area contributed by atoms with Crippen LogP contribution in [0, 0.1) is 6.92 Å². The average molecular weight is 412 g/mol. The van der Waals surface area contributed by atoms with Crippen molar-refractivity contribution in [3.05, 3.63) is 89.2 Å². The minimum absolute atomic E-state index is 0.178. The Hall–Kier alpha value is -4.26. The van der Waals surface area contributed by atoms with E-state index in [2.05, 4.69) is 20.3 Å². The third-order valence-corrected chi connectivity index (χ3v) is 4.75. The molecule has 0 aliphatic carbocycles. The maximum absolute atomic E-state index is 12.4. The molecule has 2 aromatic heterocycles. The number of hydrogen-bond acceptors (Lipinski definition) is 5. The number of H-pyrrole nitrogens is 1. The van der Waals surface area contributed by atoms with Crippen LogP contribution in [0.2, 0.25) is 0 Å². The van der Waals surface area contributed by atoms with Gasteiger partial charge in [-0.2, -0.15) is 0 Å². The number of methoxy groups -OCH3 is 1. The summed E-state index contributed by atoms with van der Waals surface area (Å²) in [6.45, 7) is 1.95. The smallest absolute Gasteiger partial charge is 0.354 e. The second-order valence-electron chi connectivity index (χ2n) is 6.96. The Kier molecular flexibility index (Phi) is 5.57. The highest BCUT2D eigenvalue weighted by Crippen LogP contribution is 2.24. The molecule has 0 spiro atoms. The maximum atomic E-state index is 12.4.